The van der Waals surface area contributed by atoms with E-state index in [4.69, 9.17) is 4.74 Å². The first-order valence-electron chi connectivity index (χ1n) is 8.67. The fraction of sp³-hybridized carbons (Fsp3) is 0.286. The van der Waals surface area contributed by atoms with Crippen molar-refractivity contribution in [2.75, 3.05) is 5.32 Å². The summed E-state index contributed by atoms with van der Waals surface area (Å²) < 4.78 is 5.11. The van der Waals surface area contributed by atoms with Crippen molar-refractivity contribution >= 4 is 23.3 Å². The molecule has 0 aliphatic heterocycles. The molecule has 2 aromatic rings. The smallest absolute Gasteiger partial charge is 0.307 e. The first-order valence-corrected chi connectivity index (χ1v) is 8.67. The third-order valence-corrected chi connectivity index (χ3v) is 3.96. The van der Waals surface area contributed by atoms with Gasteiger partial charge in [-0.3, -0.25) is 14.4 Å². The van der Waals surface area contributed by atoms with Crippen molar-refractivity contribution < 1.29 is 19.1 Å². The SMILES string of the molecule is CCc1ccc(NC(=O)[C@@H](C)OC(=O)CCC(=O)c2ccccc2)cc1. The van der Waals surface area contributed by atoms with Crippen LogP contribution in [0.5, 0.6) is 0 Å². The third kappa shape index (κ3) is 5.84. The van der Waals surface area contributed by atoms with Crippen LogP contribution in [0.1, 0.15) is 42.6 Å². The molecule has 0 saturated heterocycles. The van der Waals surface area contributed by atoms with Crippen LogP contribution in [0.2, 0.25) is 0 Å². The van der Waals surface area contributed by atoms with Gasteiger partial charge in [0.15, 0.2) is 11.9 Å². The Morgan fingerprint density at radius 3 is 2.23 bits per heavy atom. The van der Waals surface area contributed by atoms with Crippen LogP contribution in [0.25, 0.3) is 0 Å². The average Bonchev–Trinajstić information content (AvgIpc) is 2.67. The van der Waals surface area contributed by atoms with E-state index >= 15 is 0 Å². The highest BCUT2D eigenvalue weighted by Gasteiger charge is 2.18. The van der Waals surface area contributed by atoms with Crippen LogP contribution in [-0.2, 0) is 20.7 Å². The number of aryl methyl sites for hydroxylation is 1. The molecule has 0 saturated carbocycles. The highest BCUT2D eigenvalue weighted by molar-refractivity contribution is 5.98. The Labute approximate surface area is 153 Å². The molecule has 0 radical (unpaired) electrons. The summed E-state index contributed by atoms with van der Waals surface area (Å²) in [6.45, 7) is 3.56. The molecule has 5 heteroatoms. The number of amides is 1. The summed E-state index contributed by atoms with van der Waals surface area (Å²) >= 11 is 0. The van der Waals surface area contributed by atoms with Crippen LogP contribution < -0.4 is 5.32 Å². The Kier molecular flexibility index (Phi) is 7.09. The lowest BCUT2D eigenvalue weighted by Gasteiger charge is -2.13. The van der Waals surface area contributed by atoms with Crippen molar-refractivity contribution in [3.63, 3.8) is 0 Å². The average molecular weight is 353 g/mol. The third-order valence-electron chi connectivity index (χ3n) is 3.96. The van der Waals surface area contributed by atoms with Crippen LogP contribution in [-0.4, -0.2) is 23.8 Å². The molecule has 0 spiro atoms. The predicted octanol–water partition coefficient (Wildman–Crippen LogP) is 3.78. The van der Waals surface area contributed by atoms with Crippen molar-refractivity contribution in [3.05, 3.63) is 65.7 Å². The zero-order valence-corrected chi connectivity index (χ0v) is 15.0. The lowest BCUT2D eigenvalue weighted by atomic mass is 10.1. The van der Waals surface area contributed by atoms with E-state index in [1.54, 1.807) is 24.3 Å². The van der Waals surface area contributed by atoms with Crippen molar-refractivity contribution in [2.24, 2.45) is 0 Å². The molecule has 2 aromatic carbocycles. The Morgan fingerprint density at radius 2 is 1.62 bits per heavy atom. The lowest BCUT2D eigenvalue weighted by molar-refractivity contribution is -0.153. The van der Waals surface area contributed by atoms with E-state index in [2.05, 4.69) is 12.2 Å². The van der Waals surface area contributed by atoms with Crippen LogP contribution >= 0.6 is 0 Å². The molecular formula is C21H23NO4. The number of hydrogen-bond donors (Lipinski definition) is 1. The molecule has 1 atom stereocenters. The second-order valence-electron chi connectivity index (χ2n) is 5.96. The Morgan fingerprint density at radius 1 is 0.962 bits per heavy atom. The zero-order valence-electron chi connectivity index (χ0n) is 15.0. The Bertz CT molecular complexity index is 753. The second kappa shape index (κ2) is 9.51. The molecule has 0 aliphatic rings. The molecule has 1 amide bonds. The number of carbonyl (C=O) groups excluding carboxylic acids is 3. The number of ether oxygens (including phenoxy) is 1. The number of benzene rings is 2. The van der Waals surface area contributed by atoms with E-state index in [1.165, 1.54) is 12.5 Å². The molecule has 0 aromatic heterocycles. The fourth-order valence-corrected chi connectivity index (χ4v) is 2.36. The summed E-state index contributed by atoms with van der Waals surface area (Å²) in [6, 6.07) is 16.2. The highest BCUT2D eigenvalue weighted by atomic mass is 16.5. The maximum Gasteiger partial charge on any atom is 0.307 e. The standard InChI is InChI=1S/C21H23NO4/c1-3-16-9-11-18(12-10-16)22-21(25)15(2)26-20(24)14-13-19(23)17-7-5-4-6-8-17/h4-12,15H,3,13-14H2,1-2H3,(H,22,25)/t15-/m1/s1. The van der Waals surface area contributed by atoms with E-state index in [-0.39, 0.29) is 18.6 Å². The van der Waals surface area contributed by atoms with Crippen molar-refractivity contribution in [3.8, 4) is 0 Å². The minimum absolute atomic E-state index is 0.0513. The van der Waals surface area contributed by atoms with E-state index in [1.807, 2.05) is 30.3 Å². The number of hydrogen-bond acceptors (Lipinski definition) is 4. The molecule has 0 unspecified atom stereocenters. The molecule has 2 rings (SSSR count). The summed E-state index contributed by atoms with van der Waals surface area (Å²) in [5.74, 6) is -1.11. The Balaban J connectivity index is 1.78. The van der Waals surface area contributed by atoms with Crippen molar-refractivity contribution in [2.45, 2.75) is 39.2 Å². The predicted molar refractivity (Wildman–Crippen MR) is 100 cm³/mol. The second-order valence-corrected chi connectivity index (χ2v) is 5.96. The number of rotatable bonds is 8. The summed E-state index contributed by atoms with van der Waals surface area (Å²) in [7, 11) is 0. The molecule has 0 bridgehead atoms. The topological polar surface area (TPSA) is 72.5 Å². The summed E-state index contributed by atoms with van der Waals surface area (Å²) in [5.41, 5.74) is 2.38. The van der Waals surface area contributed by atoms with Gasteiger partial charge in [0.25, 0.3) is 5.91 Å². The molecule has 0 heterocycles. The van der Waals surface area contributed by atoms with E-state index in [9.17, 15) is 14.4 Å². The number of ketones is 1. The molecule has 1 N–H and O–H groups in total. The van der Waals surface area contributed by atoms with Gasteiger partial charge < -0.3 is 10.1 Å². The van der Waals surface area contributed by atoms with Gasteiger partial charge in [0, 0.05) is 17.7 Å². The van der Waals surface area contributed by atoms with Gasteiger partial charge in [-0.15, -0.1) is 0 Å². The molecule has 26 heavy (non-hydrogen) atoms. The lowest BCUT2D eigenvalue weighted by Crippen LogP contribution is -2.30. The first kappa shape index (κ1) is 19.4. The maximum absolute atomic E-state index is 12.1. The fourth-order valence-electron chi connectivity index (χ4n) is 2.36. The van der Waals surface area contributed by atoms with Gasteiger partial charge in [-0.05, 0) is 31.0 Å². The molecule has 136 valence electrons. The van der Waals surface area contributed by atoms with E-state index in [0.29, 0.717) is 11.3 Å². The Hall–Kier alpha value is -2.95. The number of esters is 1. The molecule has 0 aliphatic carbocycles. The van der Waals surface area contributed by atoms with Crippen LogP contribution in [0.4, 0.5) is 5.69 Å². The zero-order chi connectivity index (χ0) is 18.9. The van der Waals surface area contributed by atoms with Gasteiger partial charge >= 0.3 is 5.97 Å². The molecular weight excluding hydrogens is 330 g/mol. The van der Waals surface area contributed by atoms with Crippen molar-refractivity contribution in [1.82, 2.24) is 0 Å². The first-order chi connectivity index (χ1) is 12.5. The summed E-state index contributed by atoms with van der Waals surface area (Å²) in [4.78, 5) is 36.0. The molecule has 0 fully saturated rings. The number of Topliss-reactive ketones (excluding diaryl/α,β-unsaturated/α-hetero) is 1. The van der Waals surface area contributed by atoms with Gasteiger partial charge in [-0.1, -0.05) is 49.4 Å². The number of anilines is 1. The molecule has 5 nitrogen and oxygen atoms in total. The van der Waals surface area contributed by atoms with Crippen LogP contribution in [0.15, 0.2) is 54.6 Å². The monoisotopic (exact) mass is 353 g/mol. The summed E-state index contributed by atoms with van der Waals surface area (Å²) in [5, 5.41) is 2.71. The van der Waals surface area contributed by atoms with E-state index < -0.39 is 18.0 Å². The van der Waals surface area contributed by atoms with Gasteiger partial charge in [-0.2, -0.15) is 0 Å². The normalized spacial score (nSPS) is 11.5. The highest BCUT2D eigenvalue weighted by Crippen LogP contribution is 2.11. The van der Waals surface area contributed by atoms with Crippen molar-refractivity contribution in [1.29, 1.82) is 0 Å². The largest absolute Gasteiger partial charge is 0.453 e. The van der Waals surface area contributed by atoms with Crippen LogP contribution in [0.3, 0.4) is 0 Å². The minimum atomic E-state index is -0.930. The minimum Gasteiger partial charge on any atom is -0.453 e. The number of nitrogens with one attached hydrogen (secondary N) is 1. The van der Waals surface area contributed by atoms with E-state index in [0.717, 1.165) is 6.42 Å². The van der Waals surface area contributed by atoms with Gasteiger partial charge in [0.2, 0.25) is 0 Å². The summed E-state index contributed by atoms with van der Waals surface area (Å²) in [6.07, 6.45) is -0.0175. The number of carbonyl (C=O) groups is 3. The van der Waals surface area contributed by atoms with Gasteiger partial charge in [0.05, 0.1) is 6.42 Å². The van der Waals surface area contributed by atoms with Gasteiger partial charge in [-0.25, -0.2) is 0 Å². The quantitative estimate of drug-likeness (QED) is 0.579. The maximum atomic E-state index is 12.1. The van der Waals surface area contributed by atoms with Crippen LogP contribution in [0, 0.1) is 0 Å². The van der Waals surface area contributed by atoms with Gasteiger partial charge in [0.1, 0.15) is 0 Å².